The summed E-state index contributed by atoms with van der Waals surface area (Å²) in [7, 11) is 2.14. The van der Waals surface area contributed by atoms with Gasteiger partial charge in [-0.1, -0.05) is 6.07 Å². The standard InChI is InChI=1S/C15H21BrN2O/c1-10-4-5-13(14(16)8-10)15(19)17-12-6-7-18(3)11(2)9-12/h4-5,8,11-12H,6-7,9H2,1-3H3,(H,17,19). The number of hydrogen-bond donors (Lipinski definition) is 1. The lowest BCUT2D eigenvalue weighted by Crippen LogP contribution is -2.47. The number of nitrogens with zero attached hydrogens (tertiary/aromatic N) is 1. The molecule has 3 nitrogen and oxygen atoms in total. The van der Waals surface area contributed by atoms with Gasteiger partial charge in [-0.25, -0.2) is 0 Å². The molecule has 104 valence electrons. The molecule has 1 N–H and O–H groups in total. The van der Waals surface area contributed by atoms with Crippen LogP contribution in [0.3, 0.4) is 0 Å². The quantitative estimate of drug-likeness (QED) is 0.907. The topological polar surface area (TPSA) is 32.3 Å². The van der Waals surface area contributed by atoms with Crippen LogP contribution in [0.25, 0.3) is 0 Å². The van der Waals surface area contributed by atoms with Gasteiger partial charge in [0.1, 0.15) is 0 Å². The van der Waals surface area contributed by atoms with Crippen LogP contribution in [0.2, 0.25) is 0 Å². The zero-order valence-corrected chi connectivity index (χ0v) is 13.3. The first kappa shape index (κ1) is 14.5. The number of benzene rings is 1. The summed E-state index contributed by atoms with van der Waals surface area (Å²) in [6.07, 6.45) is 2.04. The Labute approximate surface area is 123 Å². The first-order chi connectivity index (χ1) is 8.97. The van der Waals surface area contributed by atoms with E-state index in [4.69, 9.17) is 0 Å². The van der Waals surface area contributed by atoms with Crippen molar-refractivity contribution in [2.24, 2.45) is 0 Å². The van der Waals surface area contributed by atoms with E-state index in [2.05, 4.69) is 40.1 Å². The monoisotopic (exact) mass is 324 g/mol. The molecule has 19 heavy (non-hydrogen) atoms. The van der Waals surface area contributed by atoms with Gasteiger partial charge in [-0.15, -0.1) is 0 Å². The van der Waals surface area contributed by atoms with E-state index in [0.29, 0.717) is 6.04 Å². The van der Waals surface area contributed by atoms with Gasteiger partial charge in [-0.3, -0.25) is 4.79 Å². The molecule has 0 aliphatic carbocycles. The Hall–Kier alpha value is -0.870. The first-order valence-corrected chi connectivity index (χ1v) is 7.54. The van der Waals surface area contributed by atoms with Crippen molar-refractivity contribution in [1.82, 2.24) is 10.2 Å². The number of halogens is 1. The molecular weight excluding hydrogens is 304 g/mol. The lowest BCUT2D eigenvalue weighted by molar-refractivity contribution is 0.0896. The second-order valence-corrected chi connectivity index (χ2v) is 6.36. The molecule has 1 saturated heterocycles. The van der Waals surface area contributed by atoms with Crippen molar-refractivity contribution in [3.8, 4) is 0 Å². The molecule has 2 rings (SSSR count). The number of nitrogens with one attached hydrogen (secondary N) is 1. The van der Waals surface area contributed by atoms with E-state index in [-0.39, 0.29) is 11.9 Å². The third kappa shape index (κ3) is 3.57. The molecule has 0 saturated carbocycles. The second-order valence-electron chi connectivity index (χ2n) is 5.51. The van der Waals surface area contributed by atoms with Crippen LogP contribution in [0.15, 0.2) is 22.7 Å². The summed E-state index contributed by atoms with van der Waals surface area (Å²) in [6, 6.07) is 6.64. The molecule has 2 atom stereocenters. The van der Waals surface area contributed by atoms with E-state index < -0.39 is 0 Å². The van der Waals surface area contributed by atoms with Crippen molar-refractivity contribution in [3.63, 3.8) is 0 Å². The molecule has 1 aromatic carbocycles. The molecule has 0 spiro atoms. The number of amides is 1. The fraction of sp³-hybridized carbons (Fsp3) is 0.533. The normalized spacial score (nSPS) is 24.2. The third-order valence-corrected chi connectivity index (χ3v) is 4.57. The summed E-state index contributed by atoms with van der Waals surface area (Å²) in [5.74, 6) is 0.0219. The summed E-state index contributed by atoms with van der Waals surface area (Å²) < 4.78 is 0.867. The number of carbonyl (C=O) groups is 1. The van der Waals surface area contributed by atoms with Crippen LogP contribution in [0.5, 0.6) is 0 Å². The molecule has 0 radical (unpaired) electrons. The summed E-state index contributed by atoms with van der Waals surface area (Å²) in [6.45, 7) is 5.27. The molecule has 4 heteroatoms. The Bertz CT molecular complexity index is 475. The van der Waals surface area contributed by atoms with Crippen LogP contribution >= 0.6 is 15.9 Å². The van der Waals surface area contributed by atoms with Crippen molar-refractivity contribution >= 4 is 21.8 Å². The summed E-state index contributed by atoms with van der Waals surface area (Å²) in [4.78, 5) is 14.6. The van der Waals surface area contributed by atoms with Gasteiger partial charge in [0.25, 0.3) is 5.91 Å². The molecule has 1 aromatic rings. The summed E-state index contributed by atoms with van der Waals surface area (Å²) in [5.41, 5.74) is 1.87. The average molecular weight is 325 g/mol. The van der Waals surface area contributed by atoms with Crippen LogP contribution < -0.4 is 5.32 Å². The maximum Gasteiger partial charge on any atom is 0.252 e. The van der Waals surface area contributed by atoms with Gasteiger partial charge in [0.05, 0.1) is 5.56 Å². The first-order valence-electron chi connectivity index (χ1n) is 6.74. The smallest absolute Gasteiger partial charge is 0.252 e. The Kier molecular flexibility index (Phi) is 4.63. The minimum Gasteiger partial charge on any atom is -0.349 e. The second kappa shape index (κ2) is 6.06. The maximum atomic E-state index is 12.3. The number of carbonyl (C=O) groups excluding carboxylic acids is 1. The minimum absolute atomic E-state index is 0.0219. The fourth-order valence-corrected chi connectivity index (χ4v) is 3.16. The van der Waals surface area contributed by atoms with Crippen molar-refractivity contribution in [2.75, 3.05) is 13.6 Å². The number of hydrogen-bond acceptors (Lipinski definition) is 2. The SMILES string of the molecule is Cc1ccc(C(=O)NC2CCN(C)C(C)C2)c(Br)c1. The highest BCUT2D eigenvalue weighted by atomic mass is 79.9. The Balaban J connectivity index is 2.01. The molecule has 0 bridgehead atoms. The van der Waals surface area contributed by atoms with E-state index in [9.17, 15) is 4.79 Å². The van der Waals surface area contributed by atoms with Gasteiger partial charge < -0.3 is 10.2 Å². The highest BCUT2D eigenvalue weighted by Gasteiger charge is 2.24. The van der Waals surface area contributed by atoms with Crippen LogP contribution in [-0.2, 0) is 0 Å². The van der Waals surface area contributed by atoms with Crippen LogP contribution in [0.4, 0.5) is 0 Å². The highest BCUT2D eigenvalue weighted by molar-refractivity contribution is 9.10. The molecule has 1 fully saturated rings. The lowest BCUT2D eigenvalue weighted by atomic mass is 9.98. The van der Waals surface area contributed by atoms with Gasteiger partial charge in [-0.05, 0) is 67.4 Å². The van der Waals surface area contributed by atoms with E-state index in [1.165, 1.54) is 0 Å². The molecular formula is C15H21BrN2O. The van der Waals surface area contributed by atoms with E-state index in [1.54, 1.807) is 0 Å². The fourth-order valence-electron chi connectivity index (χ4n) is 2.49. The Morgan fingerprint density at radius 1 is 1.47 bits per heavy atom. The Morgan fingerprint density at radius 2 is 2.21 bits per heavy atom. The maximum absolute atomic E-state index is 12.3. The zero-order chi connectivity index (χ0) is 14.0. The molecule has 0 aromatic heterocycles. The van der Waals surface area contributed by atoms with Crippen LogP contribution in [0.1, 0.15) is 35.7 Å². The van der Waals surface area contributed by atoms with E-state index in [0.717, 1.165) is 35.0 Å². The van der Waals surface area contributed by atoms with Gasteiger partial charge in [-0.2, -0.15) is 0 Å². The van der Waals surface area contributed by atoms with E-state index >= 15 is 0 Å². The van der Waals surface area contributed by atoms with Crippen molar-refractivity contribution < 1.29 is 4.79 Å². The number of piperidine rings is 1. The summed E-state index contributed by atoms with van der Waals surface area (Å²) >= 11 is 3.46. The predicted octanol–water partition coefficient (Wildman–Crippen LogP) is 2.97. The lowest BCUT2D eigenvalue weighted by Gasteiger charge is -2.35. The minimum atomic E-state index is 0.0219. The highest BCUT2D eigenvalue weighted by Crippen LogP contribution is 2.20. The molecule has 1 amide bonds. The number of rotatable bonds is 2. The molecule has 2 unspecified atom stereocenters. The van der Waals surface area contributed by atoms with Gasteiger partial charge in [0, 0.05) is 23.1 Å². The van der Waals surface area contributed by atoms with Crippen LogP contribution in [-0.4, -0.2) is 36.5 Å². The number of likely N-dealkylation sites (tertiary alicyclic amines) is 1. The van der Waals surface area contributed by atoms with Crippen molar-refractivity contribution in [2.45, 2.75) is 38.8 Å². The third-order valence-electron chi connectivity index (χ3n) is 3.91. The average Bonchev–Trinajstić information content (AvgIpc) is 2.33. The van der Waals surface area contributed by atoms with Gasteiger partial charge in [0.15, 0.2) is 0 Å². The molecule has 1 aliphatic heterocycles. The molecule has 1 aliphatic rings. The summed E-state index contributed by atoms with van der Waals surface area (Å²) in [5, 5.41) is 3.15. The van der Waals surface area contributed by atoms with Crippen LogP contribution in [0, 0.1) is 6.92 Å². The van der Waals surface area contributed by atoms with Gasteiger partial charge >= 0.3 is 0 Å². The van der Waals surface area contributed by atoms with Crippen molar-refractivity contribution in [1.29, 1.82) is 0 Å². The molecule has 1 heterocycles. The zero-order valence-electron chi connectivity index (χ0n) is 11.7. The predicted molar refractivity (Wildman–Crippen MR) is 81.5 cm³/mol. The van der Waals surface area contributed by atoms with Gasteiger partial charge in [0.2, 0.25) is 0 Å². The van der Waals surface area contributed by atoms with Crippen molar-refractivity contribution in [3.05, 3.63) is 33.8 Å². The number of aryl methyl sites for hydroxylation is 1. The Morgan fingerprint density at radius 3 is 2.84 bits per heavy atom. The van der Waals surface area contributed by atoms with E-state index in [1.807, 2.05) is 25.1 Å². The largest absolute Gasteiger partial charge is 0.349 e.